The van der Waals surface area contributed by atoms with Crippen molar-refractivity contribution in [2.45, 2.75) is 45.6 Å². The molecule has 3 nitrogen and oxygen atoms in total. The fourth-order valence-corrected chi connectivity index (χ4v) is 2.89. The topological polar surface area (TPSA) is 28.2 Å². The first-order chi connectivity index (χ1) is 12.2. The van der Waals surface area contributed by atoms with E-state index in [4.69, 9.17) is 12.2 Å². The lowest BCUT2D eigenvalue weighted by Gasteiger charge is -2.26. The molecule has 0 atom stereocenters. The molecule has 1 aromatic carbocycles. The Morgan fingerprint density at radius 2 is 1.88 bits per heavy atom. The molecule has 0 aliphatic carbocycles. The minimum absolute atomic E-state index is 0.235. The zero-order valence-electron chi connectivity index (χ0n) is 14.7. The Labute approximate surface area is 155 Å². The second kappa shape index (κ2) is 10.8. The highest BCUT2D eigenvalue weighted by atomic mass is 32.1. The van der Waals surface area contributed by atoms with Gasteiger partial charge in [-0.25, -0.2) is 4.39 Å². The van der Waals surface area contributed by atoms with E-state index >= 15 is 0 Å². The van der Waals surface area contributed by atoms with Gasteiger partial charge in [0.25, 0.3) is 0 Å². The molecule has 2 aromatic rings. The molecular formula is C20H26FN3S. The molecule has 0 saturated carbocycles. The molecule has 1 aromatic heterocycles. The van der Waals surface area contributed by atoms with Gasteiger partial charge in [0, 0.05) is 31.2 Å². The molecule has 25 heavy (non-hydrogen) atoms. The van der Waals surface area contributed by atoms with Crippen LogP contribution in [0.15, 0.2) is 48.8 Å². The fraction of sp³-hybridized carbons (Fsp3) is 0.400. The predicted molar refractivity (Wildman–Crippen MR) is 106 cm³/mol. The Morgan fingerprint density at radius 3 is 2.56 bits per heavy atom. The van der Waals surface area contributed by atoms with E-state index < -0.39 is 0 Å². The standard InChI is InChI=1S/C20H26FN3S/c1-2-3-4-5-6-14-24(19-11-9-18(21)10-12-19)20(25)23-16-17-8-7-13-22-15-17/h7-13,15H,2-6,14,16H2,1H3,(H,23,25). The molecule has 0 saturated heterocycles. The van der Waals surface area contributed by atoms with Crippen LogP contribution < -0.4 is 10.2 Å². The molecule has 0 fully saturated rings. The van der Waals surface area contributed by atoms with Crippen molar-refractivity contribution in [3.05, 3.63) is 60.2 Å². The minimum atomic E-state index is -0.235. The normalized spacial score (nSPS) is 10.5. The Hall–Kier alpha value is -2.01. The number of hydrogen-bond donors (Lipinski definition) is 1. The lowest BCUT2D eigenvalue weighted by molar-refractivity contribution is 0.626. The number of thiocarbonyl (C=S) groups is 1. The van der Waals surface area contributed by atoms with Crippen LogP contribution in [0.4, 0.5) is 10.1 Å². The average Bonchev–Trinajstić information content (AvgIpc) is 2.65. The molecule has 1 heterocycles. The van der Waals surface area contributed by atoms with Gasteiger partial charge in [-0.15, -0.1) is 0 Å². The first-order valence-corrected chi connectivity index (χ1v) is 9.31. The summed E-state index contributed by atoms with van der Waals surface area (Å²) in [6.45, 7) is 3.66. The second-order valence-electron chi connectivity index (χ2n) is 6.06. The van der Waals surface area contributed by atoms with Crippen LogP contribution in [0.5, 0.6) is 0 Å². The van der Waals surface area contributed by atoms with Crippen LogP contribution >= 0.6 is 12.2 Å². The van der Waals surface area contributed by atoms with Crippen LogP contribution in [0.1, 0.15) is 44.6 Å². The van der Waals surface area contributed by atoms with Crippen molar-refractivity contribution in [1.29, 1.82) is 0 Å². The van der Waals surface area contributed by atoms with E-state index in [2.05, 4.69) is 22.1 Å². The number of halogens is 1. The molecule has 134 valence electrons. The van der Waals surface area contributed by atoms with Gasteiger partial charge in [0.2, 0.25) is 0 Å². The summed E-state index contributed by atoms with van der Waals surface area (Å²) in [6, 6.07) is 10.4. The SMILES string of the molecule is CCCCCCCN(C(=S)NCc1cccnc1)c1ccc(F)cc1. The monoisotopic (exact) mass is 359 g/mol. The number of aromatic nitrogens is 1. The van der Waals surface area contributed by atoms with Crippen molar-refractivity contribution in [3.8, 4) is 0 Å². The van der Waals surface area contributed by atoms with Gasteiger partial charge in [0.1, 0.15) is 5.82 Å². The molecule has 0 amide bonds. The Bertz CT molecular complexity index is 631. The lowest BCUT2D eigenvalue weighted by atomic mass is 10.1. The van der Waals surface area contributed by atoms with Crippen molar-refractivity contribution < 1.29 is 4.39 Å². The summed E-state index contributed by atoms with van der Waals surface area (Å²) in [5, 5.41) is 3.95. The smallest absolute Gasteiger partial charge is 0.173 e. The van der Waals surface area contributed by atoms with Crippen LogP contribution in [0.2, 0.25) is 0 Å². The molecule has 5 heteroatoms. The molecule has 0 aliphatic rings. The molecule has 0 unspecified atom stereocenters. The van der Waals surface area contributed by atoms with Gasteiger partial charge in [-0.2, -0.15) is 0 Å². The average molecular weight is 360 g/mol. The molecule has 0 aliphatic heterocycles. The van der Waals surface area contributed by atoms with Crippen LogP contribution in [0, 0.1) is 5.82 Å². The summed E-state index contributed by atoms with van der Waals surface area (Å²) in [5.41, 5.74) is 1.99. The zero-order valence-corrected chi connectivity index (χ0v) is 15.6. The minimum Gasteiger partial charge on any atom is -0.358 e. The number of anilines is 1. The van der Waals surface area contributed by atoms with Gasteiger partial charge in [-0.3, -0.25) is 4.98 Å². The first-order valence-electron chi connectivity index (χ1n) is 8.90. The van der Waals surface area contributed by atoms with E-state index in [1.54, 1.807) is 18.3 Å². The van der Waals surface area contributed by atoms with Crippen LogP contribution in [-0.2, 0) is 6.54 Å². The van der Waals surface area contributed by atoms with Crippen molar-refractivity contribution in [2.75, 3.05) is 11.4 Å². The Balaban J connectivity index is 1.96. The van der Waals surface area contributed by atoms with Crippen molar-refractivity contribution in [2.24, 2.45) is 0 Å². The third-order valence-corrected chi connectivity index (χ3v) is 4.40. The van der Waals surface area contributed by atoms with E-state index in [0.29, 0.717) is 11.7 Å². The number of unbranched alkanes of at least 4 members (excludes halogenated alkanes) is 4. The highest BCUT2D eigenvalue weighted by Crippen LogP contribution is 2.17. The van der Waals surface area contributed by atoms with Crippen LogP contribution in [0.3, 0.4) is 0 Å². The summed E-state index contributed by atoms with van der Waals surface area (Å²) in [6.07, 6.45) is 9.55. The van der Waals surface area contributed by atoms with Crippen molar-refractivity contribution in [1.82, 2.24) is 10.3 Å². The third kappa shape index (κ3) is 6.78. The number of nitrogens with zero attached hydrogens (tertiary/aromatic N) is 2. The summed E-state index contributed by atoms with van der Waals surface area (Å²) < 4.78 is 13.2. The Morgan fingerprint density at radius 1 is 1.12 bits per heavy atom. The van der Waals surface area contributed by atoms with Gasteiger partial charge in [0.15, 0.2) is 5.11 Å². The highest BCUT2D eigenvalue weighted by Gasteiger charge is 2.12. The third-order valence-electron chi connectivity index (χ3n) is 4.04. The number of pyridine rings is 1. The van der Waals surface area contributed by atoms with E-state index in [-0.39, 0.29) is 5.82 Å². The maximum absolute atomic E-state index is 13.2. The largest absolute Gasteiger partial charge is 0.358 e. The molecule has 0 radical (unpaired) electrons. The summed E-state index contributed by atoms with van der Waals surface area (Å²) in [5.74, 6) is -0.235. The molecule has 1 N–H and O–H groups in total. The predicted octanol–water partition coefficient (Wildman–Crippen LogP) is 5.07. The van der Waals surface area contributed by atoms with Gasteiger partial charge in [-0.05, 0) is 54.5 Å². The van der Waals surface area contributed by atoms with Gasteiger partial charge in [0.05, 0.1) is 0 Å². The van der Waals surface area contributed by atoms with E-state index in [1.807, 2.05) is 18.3 Å². The number of nitrogens with one attached hydrogen (secondary N) is 1. The zero-order chi connectivity index (χ0) is 17.9. The van der Waals surface area contributed by atoms with Crippen molar-refractivity contribution >= 4 is 23.0 Å². The number of hydrogen-bond acceptors (Lipinski definition) is 2. The number of rotatable bonds is 9. The van der Waals surface area contributed by atoms with Crippen LogP contribution in [0.25, 0.3) is 0 Å². The summed E-state index contributed by atoms with van der Waals surface area (Å²) in [4.78, 5) is 6.17. The van der Waals surface area contributed by atoms with E-state index in [9.17, 15) is 4.39 Å². The van der Waals surface area contributed by atoms with E-state index in [0.717, 1.165) is 24.2 Å². The second-order valence-corrected chi connectivity index (χ2v) is 6.45. The molecule has 0 spiro atoms. The maximum Gasteiger partial charge on any atom is 0.173 e. The molecule has 0 bridgehead atoms. The first kappa shape index (κ1) is 19.3. The Kier molecular flexibility index (Phi) is 8.32. The van der Waals surface area contributed by atoms with Gasteiger partial charge in [-0.1, -0.05) is 38.7 Å². The van der Waals surface area contributed by atoms with Crippen LogP contribution in [-0.4, -0.2) is 16.6 Å². The van der Waals surface area contributed by atoms with Gasteiger partial charge < -0.3 is 10.2 Å². The molecular weight excluding hydrogens is 333 g/mol. The summed E-state index contributed by atoms with van der Waals surface area (Å²) >= 11 is 5.59. The highest BCUT2D eigenvalue weighted by molar-refractivity contribution is 7.80. The van der Waals surface area contributed by atoms with Gasteiger partial charge >= 0.3 is 0 Å². The summed E-state index contributed by atoms with van der Waals surface area (Å²) in [7, 11) is 0. The lowest BCUT2D eigenvalue weighted by Crippen LogP contribution is -2.40. The maximum atomic E-state index is 13.2. The molecule has 2 rings (SSSR count). The van der Waals surface area contributed by atoms with E-state index in [1.165, 1.54) is 37.8 Å². The quantitative estimate of drug-likeness (QED) is 0.500. The van der Waals surface area contributed by atoms with Crippen molar-refractivity contribution in [3.63, 3.8) is 0 Å². The fourth-order valence-electron chi connectivity index (χ4n) is 2.62. The number of benzene rings is 1.